The van der Waals surface area contributed by atoms with Gasteiger partial charge in [-0.25, -0.2) is 4.57 Å². The topological polar surface area (TPSA) is 147 Å². The number of hydrogen-bond acceptors (Lipinski definition) is 9. The Morgan fingerprint density at radius 3 is 1.94 bits per heavy atom. The number of esters is 2. The molecule has 10 nitrogen and oxygen atoms in total. The van der Waals surface area contributed by atoms with Gasteiger partial charge in [-0.2, -0.15) is 0 Å². The molecule has 11 heteroatoms. The minimum absolute atomic E-state index is 0.0259. The Hall–Kier alpha value is -2.07. The minimum Gasteiger partial charge on any atom is -0.462 e. The van der Waals surface area contributed by atoms with Crippen LogP contribution in [0.2, 0.25) is 0 Å². The van der Waals surface area contributed by atoms with Gasteiger partial charge in [0.25, 0.3) is 0 Å². The van der Waals surface area contributed by atoms with E-state index in [2.05, 4.69) is 32.1 Å². The van der Waals surface area contributed by atoms with E-state index in [4.69, 9.17) is 29.0 Å². The Kier molecular flexibility index (Phi) is 32.7. The number of phosphoric acid groups is 1. The third-order valence-electron chi connectivity index (χ3n) is 9.18. The molecule has 0 bridgehead atoms. The van der Waals surface area contributed by atoms with Gasteiger partial charge in [-0.1, -0.05) is 165 Å². The monoisotopic (exact) mass is 782 g/mol. The number of carbonyl (C=O) groups is 2. The van der Waals surface area contributed by atoms with E-state index >= 15 is 0 Å². The van der Waals surface area contributed by atoms with Crippen LogP contribution >= 0.6 is 7.82 Å². The molecule has 1 heterocycles. The van der Waals surface area contributed by atoms with Crippen molar-refractivity contribution in [3.05, 3.63) is 48.6 Å². The van der Waals surface area contributed by atoms with E-state index in [9.17, 15) is 19.0 Å². The molecular formula is C43H76NO9P. The molecule has 0 radical (unpaired) electrons. The average Bonchev–Trinajstić information content (AvgIpc) is 3.91. The van der Waals surface area contributed by atoms with Gasteiger partial charge < -0.3 is 24.8 Å². The smallest absolute Gasteiger partial charge is 0.462 e. The first kappa shape index (κ1) is 49.9. The van der Waals surface area contributed by atoms with Crippen LogP contribution in [-0.4, -0.2) is 61.5 Å². The number of epoxide rings is 1. The molecule has 0 aromatic carbocycles. The Labute approximate surface area is 328 Å². The molecule has 54 heavy (non-hydrogen) atoms. The highest BCUT2D eigenvalue weighted by molar-refractivity contribution is 7.47. The SMILES string of the molecule is CCCCC/C=C/C/C=C/C=C\C=C/C1OC1CCCC(=O)OC(COC(=O)CCCCCCCCCCCCCCCCC)COP(=O)(O)OCCN. The Morgan fingerprint density at radius 1 is 0.704 bits per heavy atom. The van der Waals surface area contributed by atoms with Gasteiger partial charge >= 0.3 is 19.8 Å². The second kappa shape index (κ2) is 35.4. The molecule has 1 fully saturated rings. The molecule has 0 aliphatic carbocycles. The maximum atomic E-state index is 12.6. The lowest BCUT2D eigenvalue weighted by atomic mass is 10.0. The van der Waals surface area contributed by atoms with Crippen molar-refractivity contribution >= 4 is 19.8 Å². The molecule has 3 N–H and O–H groups in total. The summed E-state index contributed by atoms with van der Waals surface area (Å²) in [6.07, 6.45) is 41.7. The van der Waals surface area contributed by atoms with Crippen molar-refractivity contribution in [2.24, 2.45) is 5.73 Å². The molecule has 4 unspecified atom stereocenters. The van der Waals surface area contributed by atoms with Crippen molar-refractivity contribution in [3.8, 4) is 0 Å². The largest absolute Gasteiger partial charge is 0.472 e. The van der Waals surface area contributed by atoms with E-state index in [1.807, 2.05) is 30.4 Å². The quantitative estimate of drug-likeness (QED) is 0.0155. The summed E-state index contributed by atoms with van der Waals surface area (Å²) in [7, 11) is -4.40. The number of ether oxygens (including phenoxy) is 3. The highest BCUT2D eigenvalue weighted by Gasteiger charge is 2.35. The number of rotatable bonds is 38. The van der Waals surface area contributed by atoms with E-state index in [0.29, 0.717) is 12.8 Å². The fraction of sp³-hybridized carbons (Fsp3) is 0.767. The summed E-state index contributed by atoms with van der Waals surface area (Å²) in [5.41, 5.74) is 5.34. The lowest BCUT2D eigenvalue weighted by Crippen LogP contribution is -2.29. The third-order valence-corrected chi connectivity index (χ3v) is 10.2. The van der Waals surface area contributed by atoms with Crippen LogP contribution in [0, 0.1) is 0 Å². The van der Waals surface area contributed by atoms with Gasteiger partial charge in [0.2, 0.25) is 0 Å². The number of carbonyl (C=O) groups excluding carboxylic acids is 2. The molecule has 0 saturated carbocycles. The van der Waals surface area contributed by atoms with E-state index < -0.39 is 32.5 Å². The van der Waals surface area contributed by atoms with Gasteiger partial charge in [0, 0.05) is 19.4 Å². The maximum absolute atomic E-state index is 12.6. The molecule has 1 rings (SSSR count). The lowest BCUT2D eigenvalue weighted by molar-refractivity contribution is -0.161. The van der Waals surface area contributed by atoms with Crippen molar-refractivity contribution in [1.82, 2.24) is 0 Å². The number of phosphoric ester groups is 1. The third kappa shape index (κ3) is 32.2. The molecule has 0 spiro atoms. The molecule has 312 valence electrons. The van der Waals surface area contributed by atoms with Gasteiger partial charge in [-0.15, -0.1) is 0 Å². The van der Waals surface area contributed by atoms with Gasteiger partial charge in [0.15, 0.2) is 6.10 Å². The number of nitrogens with two attached hydrogens (primary N) is 1. The molecule has 0 aromatic heterocycles. The second-order valence-corrected chi connectivity index (χ2v) is 15.8. The Morgan fingerprint density at radius 2 is 1.30 bits per heavy atom. The van der Waals surface area contributed by atoms with Gasteiger partial charge in [0.05, 0.1) is 19.3 Å². The summed E-state index contributed by atoms with van der Waals surface area (Å²) in [6.45, 7) is 3.59. The van der Waals surface area contributed by atoms with E-state index in [0.717, 1.165) is 32.1 Å². The number of allylic oxidation sites excluding steroid dienone is 7. The second-order valence-electron chi connectivity index (χ2n) is 14.3. The van der Waals surface area contributed by atoms with Crippen molar-refractivity contribution in [1.29, 1.82) is 0 Å². The minimum atomic E-state index is -4.40. The summed E-state index contributed by atoms with van der Waals surface area (Å²) >= 11 is 0. The summed E-state index contributed by atoms with van der Waals surface area (Å²) in [6, 6.07) is 0. The highest BCUT2D eigenvalue weighted by atomic mass is 31.2. The highest BCUT2D eigenvalue weighted by Crippen LogP contribution is 2.43. The van der Waals surface area contributed by atoms with Crippen LogP contribution in [0.1, 0.15) is 168 Å². The van der Waals surface area contributed by atoms with Crippen molar-refractivity contribution < 1.29 is 42.3 Å². The van der Waals surface area contributed by atoms with Crippen molar-refractivity contribution in [2.45, 2.75) is 186 Å². The molecular weight excluding hydrogens is 705 g/mol. The molecule has 1 saturated heterocycles. The summed E-state index contributed by atoms with van der Waals surface area (Å²) in [4.78, 5) is 34.9. The molecule has 1 aliphatic heterocycles. The zero-order valence-electron chi connectivity index (χ0n) is 33.9. The van der Waals surface area contributed by atoms with Crippen LogP contribution in [0.4, 0.5) is 0 Å². The fourth-order valence-corrected chi connectivity index (χ4v) is 6.68. The first-order valence-electron chi connectivity index (χ1n) is 21.3. The first-order valence-corrected chi connectivity index (χ1v) is 22.8. The van der Waals surface area contributed by atoms with E-state index in [1.54, 1.807) is 0 Å². The van der Waals surface area contributed by atoms with Crippen LogP contribution in [0.5, 0.6) is 0 Å². The molecule has 0 amide bonds. The number of hydrogen-bond donors (Lipinski definition) is 2. The van der Waals surface area contributed by atoms with Gasteiger partial charge in [0.1, 0.15) is 12.7 Å². The van der Waals surface area contributed by atoms with Gasteiger partial charge in [-0.05, 0) is 38.5 Å². The van der Waals surface area contributed by atoms with Crippen molar-refractivity contribution in [2.75, 3.05) is 26.4 Å². The van der Waals surface area contributed by atoms with E-state index in [-0.39, 0.29) is 44.8 Å². The maximum Gasteiger partial charge on any atom is 0.472 e. The van der Waals surface area contributed by atoms with Gasteiger partial charge in [-0.3, -0.25) is 18.6 Å². The van der Waals surface area contributed by atoms with Crippen LogP contribution in [0.15, 0.2) is 48.6 Å². The average molecular weight is 782 g/mol. The standard InChI is InChI=1S/C43H76NO9P/c1-3-5-7-9-11-13-15-17-18-19-21-23-25-27-29-33-42(45)49-37-39(38-51-54(47,48)50-36-35-44)52-43(46)34-30-32-41-40(53-41)31-28-26-24-22-20-16-14-12-10-8-6-4-2/h12,14,20,22,24,26,28,31,39-41H,3-11,13,15-19,21,23,25,27,29-30,32-38,44H2,1-2H3,(H,47,48)/b14-12+,22-20+,26-24-,31-28-. The van der Waals surface area contributed by atoms with Crippen molar-refractivity contribution in [3.63, 3.8) is 0 Å². The molecule has 4 atom stereocenters. The predicted octanol–water partition coefficient (Wildman–Crippen LogP) is 10.9. The fourth-order valence-electron chi connectivity index (χ4n) is 5.91. The van der Waals surface area contributed by atoms with E-state index in [1.165, 1.54) is 96.3 Å². The normalized spacial score (nSPS) is 17.6. The molecule has 0 aromatic rings. The summed E-state index contributed by atoms with van der Waals surface area (Å²) in [5, 5.41) is 0. The zero-order chi connectivity index (χ0) is 39.4. The van der Waals surface area contributed by atoms with Crippen LogP contribution in [0.25, 0.3) is 0 Å². The molecule has 1 aliphatic rings. The van der Waals surface area contributed by atoms with Crippen LogP contribution in [-0.2, 0) is 37.4 Å². The zero-order valence-corrected chi connectivity index (χ0v) is 34.8. The summed E-state index contributed by atoms with van der Waals surface area (Å²) < 4.78 is 38.4. The lowest BCUT2D eigenvalue weighted by Gasteiger charge is -2.19. The number of unbranched alkanes of at least 4 members (excludes halogenated alkanes) is 17. The van der Waals surface area contributed by atoms with Crippen LogP contribution < -0.4 is 5.73 Å². The summed E-state index contributed by atoms with van der Waals surface area (Å²) in [5.74, 6) is -0.922. The first-order chi connectivity index (χ1) is 26.3. The van der Waals surface area contributed by atoms with Crippen LogP contribution in [0.3, 0.4) is 0 Å². The predicted molar refractivity (Wildman–Crippen MR) is 219 cm³/mol. The Balaban J connectivity index is 2.27. The Bertz CT molecular complexity index is 1090.